The monoisotopic (exact) mass is 642 g/mol. The molecule has 238 valence electrons. The van der Waals surface area contributed by atoms with Crippen molar-refractivity contribution in [3.63, 3.8) is 0 Å². The number of hydrogen-bond donors (Lipinski definition) is 2. The van der Waals surface area contributed by atoms with Gasteiger partial charge in [0.1, 0.15) is 7.05 Å². The number of halogens is 1. The van der Waals surface area contributed by atoms with Crippen LogP contribution in [-0.2, 0) is 33.2 Å². The summed E-state index contributed by atoms with van der Waals surface area (Å²) >= 11 is 6.37. The van der Waals surface area contributed by atoms with E-state index in [1.165, 1.54) is 0 Å². The third kappa shape index (κ3) is 6.38. The third-order valence-corrected chi connectivity index (χ3v) is 9.99. The molecule has 1 aromatic heterocycles. The predicted octanol–water partition coefficient (Wildman–Crippen LogP) is 3.30. The molecule has 0 radical (unpaired) electrons. The summed E-state index contributed by atoms with van der Waals surface area (Å²) in [6.45, 7) is 1.90. The van der Waals surface area contributed by atoms with Crippen molar-refractivity contribution in [2.24, 2.45) is 7.05 Å². The SMILES string of the molecule is C#Cc1cc(C[C@@H](OC(=O)N2CCC3(CC2)CC(=O)Nc2ccccc23)C(=O)N2CCC([n+]3cc[n+](C)cc3)CC2)cc(Cl)c1N. The van der Waals surface area contributed by atoms with E-state index >= 15 is 0 Å². The molecule has 11 heteroatoms. The molecule has 1 atom stereocenters. The second-order valence-electron chi connectivity index (χ2n) is 12.6. The van der Waals surface area contributed by atoms with Crippen LogP contribution in [0.3, 0.4) is 0 Å². The summed E-state index contributed by atoms with van der Waals surface area (Å²) in [6, 6.07) is 11.5. The maximum atomic E-state index is 14.0. The first-order valence-electron chi connectivity index (χ1n) is 15.7. The molecular weight excluding hydrogens is 604 g/mol. The number of hydrogen-bond acceptors (Lipinski definition) is 5. The molecule has 6 rings (SSSR count). The zero-order valence-corrected chi connectivity index (χ0v) is 26.7. The highest BCUT2D eigenvalue weighted by Gasteiger charge is 2.44. The maximum absolute atomic E-state index is 14.0. The van der Waals surface area contributed by atoms with Gasteiger partial charge in [-0.2, -0.15) is 9.13 Å². The fourth-order valence-electron chi connectivity index (χ4n) is 7.01. The standard InChI is InChI=1S/C35H38ClN6O4/c1-3-25-20-24(21-28(36)32(25)37)22-30(33(44)41-12-8-26(9-13-41)40-18-16-39(2)17-19-40)46-34(45)42-14-10-35(11-15-42)23-31(43)38-29-7-5-4-6-27(29)35/h1,4-7,16-21,26,30H,8-15,22-23,37H2,2H3/q+1/p+1/t30-/m1/s1. The summed E-state index contributed by atoms with van der Waals surface area (Å²) in [7, 11) is 1.98. The number of aromatic nitrogens is 2. The predicted molar refractivity (Wildman–Crippen MR) is 173 cm³/mol. The van der Waals surface area contributed by atoms with Crippen molar-refractivity contribution in [2.75, 3.05) is 37.2 Å². The van der Waals surface area contributed by atoms with Crippen molar-refractivity contribution in [1.29, 1.82) is 0 Å². The van der Waals surface area contributed by atoms with Crippen molar-refractivity contribution in [3.05, 3.63) is 82.9 Å². The van der Waals surface area contributed by atoms with E-state index in [-0.39, 0.29) is 34.7 Å². The summed E-state index contributed by atoms with van der Waals surface area (Å²) in [4.78, 5) is 43.6. The number of terminal acetylenes is 1. The highest BCUT2D eigenvalue weighted by atomic mass is 35.5. The van der Waals surface area contributed by atoms with Crippen LogP contribution in [0, 0.1) is 12.3 Å². The second kappa shape index (κ2) is 13.0. The van der Waals surface area contributed by atoms with Gasteiger partial charge in [-0.1, -0.05) is 35.7 Å². The van der Waals surface area contributed by atoms with E-state index in [0.29, 0.717) is 62.3 Å². The lowest BCUT2D eigenvalue weighted by Gasteiger charge is -2.44. The number of amides is 3. The van der Waals surface area contributed by atoms with E-state index in [1.54, 1.807) is 21.9 Å². The zero-order chi connectivity index (χ0) is 32.4. The van der Waals surface area contributed by atoms with Crippen LogP contribution in [0.2, 0.25) is 5.02 Å². The number of ether oxygens (including phenoxy) is 1. The summed E-state index contributed by atoms with van der Waals surface area (Å²) in [6.07, 6.45) is 15.4. The van der Waals surface area contributed by atoms with Crippen molar-refractivity contribution in [1.82, 2.24) is 9.80 Å². The Hall–Kier alpha value is -4.62. The molecule has 3 aliphatic heterocycles. The van der Waals surface area contributed by atoms with Gasteiger partial charge in [0.2, 0.25) is 30.7 Å². The molecule has 0 aliphatic carbocycles. The molecule has 2 aromatic carbocycles. The van der Waals surface area contributed by atoms with Gasteiger partial charge in [-0.3, -0.25) is 9.59 Å². The average Bonchev–Trinajstić information content (AvgIpc) is 3.06. The quantitative estimate of drug-likeness (QED) is 0.252. The minimum absolute atomic E-state index is 0.0164. The molecule has 10 nitrogen and oxygen atoms in total. The largest absolute Gasteiger partial charge is 0.436 e. The van der Waals surface area contributed by atoms with Crippen LogP contribution in [-0.4, -0.2) is 60.0 Å². The van der Waals surface area contributed by atoms with Gasteiger partial charge in [0.15, 0.2) is 12.1 Å². The number of nitrogens with one attached hydrogen (secondary N) is 1. The lowest BCUT2D eigenvalue weighted by molar-refractivity contribution is -0.758. The van der Waals surface area contributed by atoms with E-state index in [4.69, 9.17) is 28.5 Å². The first kappa shape index (κ1) is 31.4. The van der Waals surface area contributed by atoms with Crippen LogP contribution in [0.5, 0.6) is 0 Å². The summed E-state index contributed by atoms with van der Waals surface area (Å²) < 4.78 is 10.2. The number of nitrogens with two attached hydrogens (primary N) is 1. The van der Waals surface area contributed by atoms with Gasteiger partial charge in [0.05, 0.1) is 10.7 Å². The summed E-state index contributed by atoms with van der Waals surface area (Å²) in [5, 5.41) is 3.26. The third-order valence-electron chi connectivity index (χ3n) is 9.68. The van der Waals surface area contributed by atoms with Gasteiger partial charge in [-0.05, 0) is 42.2 Å². The van der Waals surface area contributed by atoms with E-state index in [9.17, 15) is 14.4 Å². The first-order chi connectivity index (χ1) is 22.2. The fraction of sp³-hybridized carbons (Fsp3) is 0.400. The highest BCUT2D eigenvalue weighted by Crippen LogP contribution is 2.45. The van der Waals surface area contributed by atoms with Crippen LogP contribution in [0.4, 0.5) is 16.2 Å². The molecular formula is C35H39ClN6O4+2. The molecule has 4 heterocycles. The number of para-hydroxylation sites is 1. The van der Waals surface area contributed by atoms with Gasteiger partial charge in [-0.25, -0.2) is 4.79 Å². The lowest BCUT2D eigenvalue weighted by atomic mass is 9.68. The Balaban J connectivity index is 1.17. The molecule has 3 aromatic rings. The Kier molecular flexibility index (Phi) is 8.87. The van der Waals surface area contributed by atoms with E-state index in [1.807, 2.05) is 54.6 Å². The Labute approximate surface area is 274 Å². The van der Waals surface area contributed by atoms with Crippen molar-refractivity contribution >= 4 is 40.9 Å². The van der Waals surface area contributed by atoms with E-state index < -0.39 is 12.2 Å². The summed E-state index contributed by atoms with van der Waals surface area (Å²) in [5.41, 5.74) is 9.01. The Bertz CT molecular complexity index is 1690. The maximum Gasteiger partial charge on any atom is 0.410 e. The number of anilines is 2. The van der Waals surface area contributed by atoms with Gasteiger partial charge >= 0.3 is 6.09 Å². The van der Waals surface area contributed by atoms with Crippen LogP contribution < -0.4 is 20.2 Å². The number of aryl methyl sites for hydroxylation is 1. The lowest BCUT2D eigenvalue weighted by Crippen LogP contribution is -2.53. The molecule has 2 saturated heterocycles. The van der Waals surface area contributed by atoms with Gasteiger partial charge in [0, 0.05) is 68.5 Å². The molecule has 3 amide bonds. The molecule has 3 N–H and O–H groups in total. The molecule has 0 unspecified atom stereocenters. The van der Waals surface area contributed by atoms with Gasteiger partial charge in [-0.15, -0.1) is 6.42 Å². The smallest absolute Gasteiger partial charge is 0.410 e. The normalized spacial score (nSPS) is 18.3. The first-order valence-corrected chi connectivity index (χ1v) is 16.1. The Morgan fingerprint density at radius 3 is 2.50 bits per heavy atom. The topological polar surface area (TPSA) is 113 Å². The van der Waals surface area contributed by atoms with Crippen molar-refractivity contribution < 1.29 is 28.3 Å². The van der Waals surface area contributed by atoms with Gasteiger partial charge < -0.3 is 25.6 Å². The number of carbonyl (C=O) groups excluding carboxylic acids is 3. The second-order valence-corrected chi connectivity index (χ2v) is 13.0. The molecule has 46 heavy (non-hydrogen) atoms. The zero-order valence-electron chi connectivity index (χ0n) is 26.0. The Morgan fingerprint density at radius 2 is 1.80 bits per heavy atom. The number of nitrogens with zero attached hydrogens (tertiary/aromatic N) is 4. The number of fused-ring (bicyclic) bond motifs is 2. The number of likely N-dealkylation sites (tertiary alicyclic amines) is 2. The number of carbonyl (C=O) groups is 3. The van der Waals surface area contributed by atoms with Crippen LogP contribution >= 0.6 is 11.6 Å². The van der Waals surface area contributed by atoms with E-state index in [2.05, 4.69) is 21.9 Å². The molecule has 0 saturated carbocycles. The fourth-order valence-corrected chi connectivity index (χ4v) is 7.25. The van der Waals surface area contributed by atoms with Crippen LogP contribution in [0.25, 0.3) is 0 Å². The average molecular weight is 643 g/mol. The number of nitrogen functional groups attached to an aromatic ring is 1. The number of piperidine rings is 2. The number of rotatable bonds is 5. The minimum atomic E-state index is -1.07. The molecule has 0 bridgehead atoms. The van der Waals surface area contributed by atoms with E-state index in [0.717, 1.165) is 24.1 Å². The van der Waals surface area contributed by atoms with Crippen LogP contribution in [0.1, 0.15) is 54.8 Å². The highest BCUT2D eigenvalue weighted by molar-refractivity contribution is 6.33. The number of benzene rings is 2. The van der Waals surface area contributed by atoms with Crippen molar-refractivity contribution in [3.8, 4) is 12.3 Å². The van der Waals surface area contributed by atoms with Crippen LogP contribution in [0.15, 0.2) is 61.2 Å². The van der Waals surface area contributed by atoms with Crippen molar-refractivity contribution in [2.45, 2.75) is 56.1 Å². The summed E-state index contributed by atoms with van der Waals surface area (Å²) in [5.74, 6) is 2.28. The van der Waals surface area contributed by atoms with Gasteiger partial charge in [0.25, 0.3) is 5.91 Å². The molecule has 2 fully saturated rings. The minimum Gasteiger partial charge on any atom is -0.436 e. The molecule has 1 spiro atoms. The Morgan fingerprint density at radius 1 is 1.11 bits per heavy atom. The molecule has 3 aliphatic rings.